The number of allylic oxidation sites excluding steroid dienone is 1. The molecule has 4 rings (SSSR count). The molecule has 0 aliphatic carbocycles. The maximum atomic E-state index is 13.5. The number of rotatable bonds is 5. The Morgan fingerprint density at radius 3 is 2.50 bits per heavy atom. The van der Waals surface area contributed by atoms with E-state index in [0.717, 1.165) is 21.6 Å². The number of esters is 1. The fourth-order valence-corrected chi connectivity index (χ4v) is 5.10. The van der Waals surface area contributed by atoms with Crippen LogP contribution in [-0.2, 0) is 9.53 Å². The number of furan rings is 1. The minimum atomic E-state index is -0.542. The fraction of sp³-hybridized carbons (Fsp3) is 0.308. The smallest absolute Gasteiger partial charge is 0.336 e. The lowest BCUT2D eigenvalue weighted by Gasteiger charge is -2.25. The Kier molecular flexibility index (Phi) is 6.07. The van der Waals surface area contributed by atoms with Crippen molar-refractivity contribution in [2.24, 2.45) is 0 Å². The van der Waals surface area contributed by atoms with Gasteiger partial charge in [-0.15, -0.1) is 11.3 Å². The molecule has 166 valence electrons. The van der Waals surface area contributed by atoms with Crippen LogP contribution in [0.3, 0.4) is 0 Å². The second-order valence-corrected chi connectivity index (χ2v) is 9.32. The van der Waals surface area contributed by atoms with Crippen molar-refractivity contribution >= 4 is 29.5 Å². The van der Waals surface area contributed by atoms with Crippen molar-refractivity contribution in [1.82, 2.24) is 4.57 Å². The van der Waals surface area contributed by atoms with Gasteiger partial charge in [0.15, 0.2) is 0 Å². The first-order valence-corrected chi connectivity index (χ1v) is 11.6. The zero-order valence-corrected chi connectivity index (χ0v) is 19.8. The number of aryl methyl sites for hydroxylation is 1. The maximum absolute atomic E-state index is 13.5. The molecule has 5 nitrogen and oxygen atoms in total. The van der Waals surface area contributed by atoms with Crippen molar-refractivity contribution in [3.63, 3.8) is 0 Å². The molecule has 1 unspecified atom stereocenters. The largest absolute Gasteiger partial charge is 0.463 e. The van der Waals surface area contributed by atoms with Crippen molar-refractivity contribution in [3.8, 4) is 0 Å². The summed E-state index contributed by atoms with van der Waals surface area (Å²) in [6.07, 6.45) is 3.65. The number of hydrogen-bond donors (Lipinski definition) is 0. The number of ether oxygens (including phenoxy) is 1. The van der Waals surface area contributed by atoms with Crippen LogP contribution in [0.5, 0.6) is 0 Å². The molecule has 0 spiro atoms. The highest BCUT2D eigenvalue weighted by Gasteiger charge is 2.32. The molecule has 1 aromatic carbocycles. The van der Waals surface area contributed by atoms with Crippen LogP contribution in [0.2, 0.25) is 0 Å². The van der Waals surface area contributed by atoms with Gasteiger partial charge in [0.1, 0.15) is 11.5 Å². The summed E-state index contributed by atoms with van der Waals surface area (Å²) in [5.41, 5.74) is 3.24. The third kappa shape index (κ3) is 4.02. The number of nitrogens with zero attached hydrogens (tertiary/aromatic N) is 1. The fourth-order valence-electron chi connectivity index (χ4n) is 3.99. The lowest BCUT2D eigenvalue weighted by atomic mass is 9.91. The van der Waals surface area contributed by atoms with E-state index in [1.54, 1.807) is 17.6 Å². The van der Waals surface area contributed by atoms with Crippen molar-refractivity contribution in [2.75, 3.05) is 6.61 Å². The molecule has 0 N–H and O–H groups in total. The molecule has 3 heterocycles. The van der Waals surface area contributed by atoms with Gasteiger partial charge in [-0.3, -0.25) is 9.36 Å². The van der Waals surface area contributed by atoms with E-state index in [4.69, 9.17) is 9.15 Å². The summed E-state index contributed by atoms with van der Waals surface area (Å²) in [5, 5.41) is 0. The van der Waals surface area contributed by atoms with Crippen LogP contribution in [0, 0.1) is 6.92 Å². The SMILES string of the molecule is CCOC(=O)C1=C(C)C=c2sc(=Cc3ccc(C)o3)c(=O)n2C1c1ccc(C(C)C)cc1. The number of thiazole rings is 1. The van der Waals surface area contributed by atoms with Gasteiger partial charge in [-0.1, -0.05) is 38.1 Å². The van der Waals surface area contributed by atoms with Crippen LogP contribution in [0.4, 0.5) is 0 Å². The highest BCUT2D eigenvalue weighted by molar-refractivity contribution is 7.07. The van der Waals surface area contributed by atoms with E-state index in [9.17, 15) is 9.59 Å². The molecule has 3 aromatic rings. The van der Waals surface area contributed by atoms with E-state index in [1.165, 1.54) is 16.9 Å². The van der Waals surface area contributed by atoms with E-state index >= 15 is 0 Å². The standard InChI is InChI=1S/C26H27NO4S/c1-6-30-26(29)23-16(4)13-22-27(24(23)19-10-8-18(9-11-19)15(2)3)25(28)21(32-22)14-20-12-7-17(5)31-20/h7-15,24H,6H2,1-5H3. The third-order valence-electron chi connectivity index (χ3n) is 5.63. The molecule has 1 atom stereocenters. The second-order valence-electron chi connectivity index (χ2n) is 8.26. The van der Waals surface area contributed by atoms with Gasteiger partial charge in [-0.2, -0.15) is 0 Å². The number of carbonyl (C=O) groups excluding carboxylic acids is 1. The Morgan fingerprint density at radius 1 is 1.19 bits per heavy atom. The minimum Gasteiger partial charge on any atom is -0.463 e. The minimum absolute atomic E-state index is 0.150. The maximum Gasteiger partial charge on any atom is 0.336 e. The Labute approximate surface area is 191 Å². The first-order valence-electron chi connectivity index (χ1n) is 10.8. The number of carbonyl (C=O) groups is 1. The van der Waals surface area contributed by atoms with Gasteiger partial charge in [0, 0.05) is 6.08 Å². The zero-order chi connectivity index (χ0) is 23.0. The van der Waals surface area contributed by atoms with Gasteiger partial charge in [-0.05, 0) is 61.6 Å². The number of fused-ring (bicyclic) bond motifs is 1. The van der Waals surface area contributed by atoms with Crippen LogP contribution < -0.4 is 14.8 Å². The van der Waals surface area contributed by atoms with Gasteiger partial charge in [0.2, 0.25) is 0 Å². The summed E-state index contributed by atoms with van der Waals surface area (Å²) < 4.78 is 14.1. The van der Waals surface area contributed by atoms with Crippen molar-refractivity contribution in [3.05, 3.63) is 89.7 Å². The van der Waals surface area contributed by atoms with E-state index < -0.39 is 12.0 Å². The second kappa shape index (κ2) is 8.79. The number of aromatic nitrogens is 1. The predicted molar refractivity (Wildman–Crippen MR) is 127 cm³/mol. The Hall–Kier alpha value is -3.12. The van der Waals surface area contributed by atoms with Crippen LogP contribution in [-0.4, -0.2) is 17.1 Å². The van der Waals surface area contributed by atoms with Crippen molar-refractivity contribution in [1.29, 1.82) is 0 Å². The average Bonchev–Trinajstić information content (AvgIpc) is 3.30. The molecule has 0 saturated carbocycles. The first kappa shape index (κ1) is 22.1. The van der Waals surface area contributed by atoms with Gasteiger partial charge < -0.3 is 9.15 Å². The Balaban J connectivity index is 1.93. The van der Waals surface area contributed by atoms with Crippen molar-refractivity contribution in [2.45, 2.75) is 46.6 Å². The summed E-state index contributed by atoms with van der Waals surface area (Å²) in [4.78, 5) is 26.5. The van der Waals surface area contributed by atoms with Gasteiger partial charge in [-0.25, -0.2) is 4.79 Å². The predicted octanol–water partition coefficient (Wildman–Crippen LogP) is 4.03. The normalized spacial score (nSPS) is 16.3. The number of benzene rings is 1. The molecular weight excluding hydrogens is 422 g/mol. The van der Waals surface area contributed by atoms with E-state index in [1.807, 2.05) is 44.2 Å². The number of hydrogen-bond acceptors (Lipinski definition) is 5. The van der Waals surface area contributed by atoms with Crippen molar-refractivity contribution < 1.29 is 13.9 Å². The molecule has 0 amide bonds. The average molecular weight is 450 g/mol. The summed E-state index contributed by atoms with van der Waals surface area (Å²) in [7, 11) is 0. The van der Waals surface area contributed by atoms with Crippen LogP contribution in [0.25, 0.3) is 12.2 Å². The van der Waals surface area contributed by atoms with Crippen LogP contribution in [0.1, 0.15) is 62.3 Å². The molecule has 0 radical (unpaired) electrons. The highest BCUT2D eigenvalue weighted by atomic mass is 32.1. The zero-order valence-electron chi connectivity index (χ0n) is 19.0. The molecule has 6 heteroatoms. The van der Waals surface area contributed by atoms with Gasteiger partial charge >= 0.3 is 5.97 Å². The van der Waals surface area contributed by atoms with Gasteiger partial charge in [0.05, 0.1) is 27.4 Å². The highest BCUT2D eigenvalue weighted by Crippen LogP contribution is 2.31. The molecule has 0 bridgehead atoms. The van der Waals surface area contributed by atoms with E-state index in [-0.39, 0.29) is 12.2 Å². The summed E-state index contributed by atoms with van der Waals surface area (Å²) in [5.74, 6) is 1.42. The van der Waals surface area contributed by atoms with E-state index in [0.29, 0.717) is 21.8 Å². The molecule has 32 heavy (non-hydrogen) atoms. The topological polar surface area (TPSA) is 61.4 Å². The monoisotopic (exact) mass is 449 g/mol. The molecule has 1 aliphatic rings. The molecule has 0 saturated heterocycles. The van der Waals surface area contributed by atoms with Crippen LogP contribution >= 0.6 is 11.3 Å². The molecular formula is C26H27NO4S. The lowest BCUT2D eigenvalue weighted by molar-refractivity contribution is -0.139. The quantitative estimate of drug-likeness (QED) is 0.552. The Morgan fingerprint density at radius 2 is 1.91 bits per heavy atom. The van der Waals surface area contributed by atoms with Crippen LogP contribution in [0.15, 0.2) is 56.8 Å². The van der Waals surface area contributed by atoms with E-state index in [2.05, 4.69) is 26.0 Å². The molecule has 1 aliphatic heterocycles. The summed E-state index contributed by atoms with van der Waals surface area (Å²) in [6.45, 7) is 10.1. The third-order valence-corrected chi connectivity index (χ3v) is 6.66. The first-order chi connectivity index (χ1) is 15.3. The summed E-state index contributed by atoms with van der Waals surface area (Å²) >= 11 is 1.40. The molecule has 0 fully saturated rings. The molecule has 2 aromatic heterocycles. The lowest BCUT2D eigenvalue weighted by Crippen LogP contribution is -2.39. The van der Waals surface area contributed by atoms with Gasteiger partial charge in [0.25, 0.3) is 5.56 Å². The summed E-state index contributed by atoms with van der Waals surface area (Å²) in [6, 6.07) is 11.3. The Bertz CT molecular complexity index is 1370.